The van der Waals surface area contributed by atoms with Gasteiger partial charge < -0.3 is 14.9 Å². The van der Waals surface area contributed by atoms with Crippen molar-refractivity contribution >= 4 is 17.6 Å². The molecule has 0 bridgehead atoms. The van der Waals surface area contributed by atoms with Crippen LogP contribution in [0.15, 0.2) is 6.07 Å². The van der Waals surface area contributed by atoms with E-state index >= 15 is 0 Å². The molecule has 5 heteroatoms. The van der Waals surface area contributed by atoms with Gasteiger partial charge in [-0.1, -0.05) is 11.6 Å². The van der Waals surface area contributed by atoms with Gasteiger partial charge in [-0.05, 0) is 37.0 Å². The molecule has 2 N–H and O–H groups in total. The van der Waals surface area contributed by atoms with E-state index in [0.29, 0.717) is 5.75 Å². The van der Waals surface area contributed by atoms with Crippen LogP contribution in [0.5, 0.6) is 11.5 Å². The maximum atomic E-state index is 10.9. The molecule has 0 amide bonds. The van der Waals surface area contributed by atoms with E-state index in [1.54, 1.807) is 6.07 Å². The number of ether oxygens (including phenoxy) is 1. The molecule has 0 aromatic heterocycles. The molecular formula is C13H15ClO4. The Labute approximate surface area is 110 Å². The second-order valence-electron chi connectivity index (χ2n) is 4.78. The number of benzene rings is 1. The highest BCUT2D eigenvalue weighted by Crippen LogP contribution is 2.56. The quantitative estimate of drug-likeness (QED) is 0.883. The van der Waals surface area contributed by atoms with Crippen LogP contribution in [0.2, 0.25) is 5.02 Å². The summed E-state index contributed by atoms with van der Waals surface area (Å²) in [5, 5.41) is 19.1. The fraction of sp³-hybridized carbons (Fsp3) is 0.462. The van der Waals surface area contributed by atoms with Gasteiger partial charge in [-0.15, -0.1) is 0 Å². The molecule has 1 fully saturated rings. The van der Waals surface area contributed by atoms with Crippen LogP contribution < -0.4 is 4.74 Å². The third-order valence-electron chi connectivity index (χ3n) is 3.50. The van der Waals surface area contributed by atoms with Gasteiger partial charge in [0.25, 0.3) is 0 Å². The van der Waals surface area contributed by atoms with Crippen LogP contribution >= 0.6 is 11.6 Å². The van der Waals surface area contributed by atoms with Crippen molar-refractivity contribution in [2.24, 2.45) is 0 Å². The van der Waals surface area contributed by atoms with Crippen LogP contribution in [0.3, 0.4) is 0 Å². The van der Waals surface area contributed by atoms with Gasteiger partial charge in [0, 0.05) is 5.41 Å². The molecule has 98 valence electrons. The van der Waals surface area contributed by atoms with Crippen LogP contribution in [0.25, 0.3) is 0 Å². The van der Waals surface area contributed by atoms with E-state index in [0.717, 1.165) is 24.0 Å². The van der Waals surface area contributed by atoms with E-state index in [1.807, 2.05) is 6.92 Å². The van der Waals surface area contributed by atoms with Crippen LogP contribution in [-0.4, -0.2) is 23.3 Å². The van der Waals surface area contributed by atoms with Crippen molar-refractivity contribution in [3.05, 3.63) is 22.2 Å². The van der Waals surface area contributed by atoms with E-state index in [2.05, 4.69) is 0 Å². The molecule has 0 atom stereocenters. The van der Waals surface area contributed by atoms with E-state index < -0.39 is 11.4 Å². The van der Waals surface area contributed by atoms with E-state index in [9.17, 15) is 9.90 Å². The highest BCUT2D eigenvalue weighted by Gasteiger charge is 2.48. The Morgan fingerprint density at radius 2 is 2.17 bits per heavy atom. The lowest BCUT2D eigenvalue weighted by Gasteiger charge is -2.20. The number of methoxy groups -OCH3 is 1. The van der Waals surface area contributed by atoms with Crippen molar-refractivity contribution < 1.29 is 19.7 Å². The van der Waals surface area contributed by atoms with Crippen molar-refractivity contribution in [1.29, 1.82) is 0 Å². The lowest BCUT2D eigenvalue weighted by Crippen LogP contribution is -2.15. The molecule has 1 aromatic carbocycles. The lowest BCUT2D eigenvalue weighted by molar-refractivity contribution is -0.137. The zero-order chi connectivity index (χ0) is 13.5. The third-order valence-corrected chi connectivity index (χ3v) is 3.86. The predicted molar refractivity (Wildman–Crippen MR) is 67.6 cm³/mol. The first-order valence-corrected chi connectivity index (χ1v) is 6.07. The zero-order valence-corrected chi connectivity index (χ0v) is 11.0. The van der Waals surface area contributed by atoms with Crippen molar-refractivity contribution in [1.82, 2.24) is 0 Å². The molecule has 0 radical (unpaired) electrons. The standard InChI is InChI=1S/C13H15ClO4/c1-7-5-8(18-2)12(17)11(14)10(7)13(3-4-13)6-9(15)16/h5,17H,3-4,6H2,1-2H3,(H,15,16). The molecule has 0 aliphatic heterocycles. The van der Waals surface area contributed by atoms with Crippen molar-refractivity contribution in [3.8, 4) is 11.5 Å². The maximum Gasteiger partial charge on any atom is 0.304 e. The minimum atomic E-state index is -0.849. The van der Waals surface area contributed by atoms with Crippen LogP contribution in [-0.2, 0) is 10.2 Å². The van der Waals surface area contributed by atoms with Gasteiger partial charge in [-0.25, -0.2) is 0 Å². The van der Waals surface area contributed by atoms with Gasteiger partial charge in [0.1, 0.15) is 0 Å². The normalized spacial score (nSPS) is 16.4. The summed E-state index contributed by atoms with van der Waals surface area (Å²) in [6.45, 7) is 1.85. The summed E-state index contributed by atoms with van der Waals surface area (Å²) in [7, 11) is 1.45. The van der Waals surface area contributed by atoms with Gasteiger partial charge in [-0.2, -0.15) is 0 Å². The highest BCUT2D eigenvalue weighted by atomic mass is 35.5. The molecule has 2 rings (SSSR count). The highest BCUT2D eigenvalue weighted by molar-refractivity contribution is 6.33. The Morgan fingerprint density at radius 3 is 2.61 bits per heavy atom. The molecule has 4 nitrogen and oxygen atoms in total. The minimum absolute atomic E-state index is 0.0410. The van der Waals surface area contributed by atoms with Gasteiger partial charge in [0.05, 0.1) is 18.6 Å². The number of halogens is 1. The topological polar surface area (TPSA) is 66.8 Å². The number of carboxylic acids is 1. The van der Waals surface area contributed by atoms with Gasteiger partial charge in [0.2, 0.25) is 0 Å². The number of hydrogen-bond donors (Lipinski definition) is 2. The summed E-state index contributed by atoms with van der Waals surface area (Å²) in [4.78, 5) is 10.9. The number of carboxylic acid groups (broad SMARTS) is 1. The minimum Gasteiger partial charge on any atom is -0.503 e. The third kappa shape index (κ3) is 2.01. The second kappa shape index (κ2) is 4.35. The summed E-state index contributed by atoms with van der Waals surface area (Å²) >= 11 is 6.17. The fourth-order valence-electron chi connectivity index (χ4n) is 2.50. The average molecular weight is 271 g/mol. The van der Waals surface area contributed by atoms with E-state index in [4.69, 9.17) is 21.4 Å². The second-order valence-corrected chi connectivity index (χ2v) is 5.16. The van der Waals surface area contributed by atoms with Gasteiger partial charge in [-0.3, -0.25) is 4.79 Å². The summed E-state index contributed by atoms with van der Waals surface area (Å²) in [5.74, 6) is -0.651. The zero-order valence-electron chi connectivity index (χ0n) is 10.3. The molecule has 18 heavy (non-hydrogen) atoms. The number of aromatic hydroxyl groups is 1. The lowest BCUT2D eigenvalue weighted by atomic mass is 9.88. The summed E-state index contributed by atoms with van der Waals surface area (Å²) in [6, 6.07) is 1.69. The van der Waals surface area contributed by atoms with Gasteiger partial charge >= 0.3 is 5.97 Å². The van der Waals surface area contributed by atoms with Crippen molar-refractivity contribution in [3.63, 3.8) is 0 Å². The van der Waals surface area contributed by atoms with Gasteiger partial charge in [0.15, 0.2) is 11.5 Å². The average Bonchev–Trinajstić information content (AvgIpc) is 3.03. The molecular weight excluding hydrogens is 256 g/mol. The summed E-state index contributed by atoms with van der Waals surface area (Å²) in [5.41, 5.74) is 1.18. The van der Waals surface area contributed by atoms with Crippen LogP contribution in [0.4, 0.5) is 0 Å². The number of aliphatic carboxylic acids is 1. The molecule has 1 aliphatic carbocycles. The van der Waals surface area contributed by atoms with Crippen LogP contribution in [0, 0.1) is 6.92 Å². The SMILES string of the molecule is COc1cc(C)c(C2(CC(=O)O)CC2)c(Cl)c1O. The van der Waals surface area contributed by atoms with E-state index in [-0.39, 0.29) is 17.2 Å². The monoisotopic (exact) mass is 270 g/mol. The number of rotatable bonds is 4. The number of carbonyl (C=O) groups is 1. The first kappa shape index (κ1) is 13.0. The molecule has 0 unspecified atom stereocenters. The molecule has 1 saturated carbocycles. The first-order chi connectivity index (χ1) is 8.41. The molecule has 0 heterocycles. The smallest absolute Gasteiger partial charge is 0.304 e. The molecule has 1 aliphatic rings. The van der Waals surface area contributed by atoms with Crippen LogP contribution in [0.1, 0.15) is 30.4 Å². The number of aryl methyl sites for hydroxylation is 1. The molecule has 0 spiro atoms. The maximum absolute atomic E-state index is 10.9. The van der Waals surface area contributed by atoms with Crippen molar-refractivity contribution in [2.75, 3.05) is 7.11 Å². The Kier molecular flexibility index (Phi) is 3.15. The Hall–Kier alpha value is -1.42. The molecule has 0 saturated heterocycles. The summed E-state index contributed by atoms with van der Waals surface area (Å²) in [6.07, 6.45) is 1.61. The number of phenols is 1. The van der Waals surface area contributed by atoms with E-state index in [1.165, 1.54) is 7.11 Å². The first-order valence-electron chi connectivity index (χ1n) is 5.69. The van der Waals surface area contributed by atoms with Crippen molar-refractivity contribution in [2.45, 2.75) is 31.6 Å². The number of hydrogen-bond acceptors (Lipinski definition) is 3. The Bertz CT molecular complexity index is 506. The Balaban J connectivity index is 2.52. The fourth-order valence-corrected chi connectivity index (χ4v) is 2.94. The number of phenolic OH excluding ortho intramolecular Hbond substituents is 1. The molecule has 1 aromatic rings. The predicted octanol–water partition coefficient (Wildman–Crippen LogP) is 2.87. The Morgan fingerprint density at radius 1 is 1.56 bits per heavy atom. The summed E-state index contributed by atoms with van der Waals surface area (Å²) < 4.78 is 5.03. The largest absolute Gasteiger partial charge is 0.503 e.